The van der Waals surface area contributed by atoms with E-state index in [1.54, 1.807) is 11.3 Å². The molecule has 132 valence electrons. The Morgan fingerprint density at radius 3 is 2.70 bits per heavy atom. The number of aryl methyl sites for hydroxylation is 2. The van der Waals surface area contributed by atoms with Gasteiger partial charge < -0.3 is 10.6 Å². The van der Waals surface area contributed by atoms with Crippen molar-refractivity contribution in [2.75, 3.05) is 7.05 Å². The topological polar surface area (TPSA) is 59.2 Å². The lowest BCUT2D eigenvalue weighted by Crippen LogP contribution is -2.41. The van der Waals surface area contributed by atoms with Gasteiger partial charge in [0, 0.05) is 19.0 Å². The molecule has 0 aliphatic heterocycles. The summed E-state index contributed by atoms with van der Waals surface area (Å²) in [5.74, 6) is 0.409. The zero-order valence-electron chi connectivity index (χ0n) is 13.8. The molecular formula is C16H27Cl2N3OS. The summed E-state index contributed by atoms with van der Waals surface area (Å²) >= 11 is 1.76. The minimum absolute atomic E-state index is 0. The van der Waals surface area contributed by atoms with E-state index < -0.39 is 0 Å². The third-order valence-corrected chi connectivity index (χ3v) is 6.02. The van der Waals surface area contributed by atoms with Crippen LogP contribution in [-0.2, 0) is 11.2 Å². The third-order valence-electron chi connectivity index (χ3n) is 4.91. The SMILES string of the molecule is Cc1nc2c(s1)C(N(C)C(=O)C1CCCC(N)C1)CCC2.Cl.Cl. The largest absolute Gasteiger partial charge is 0.338 e. The molecule has 2 aliphatic rings. The maximum absolute atomic E-state index is 12.8. The van der Waals surface area contributed by atoms with Gasteiger partial charge in [0.05, 0.1) is 21.6 Å². The molecule has 1 saturated carbocycles. The molecule has 3 atom stereocenters. The molecule has 1 aromatic rings. The minimum atomic E-state index is 0. The first kappa shape index (κ1) is 20.7. The van der Waals surface area contributed by atoms with Gasteiger partial charge in [-0.05, 0) is 45.4 Å². The van der Waals surface area contributed by atoms with Gasteiger partial charge >= 0.3 is 0 Å². The highest BCUT2D eigenvalue weighted by atomic mass is 35.5. The molecule has 2 N–H and O–H groups in total. The van der Waals surface area contributed by atoms with Crippen molar-refractivity contribution in [3.63, 3.8) is 0 Å². The summed E-state index contributed by atoms with van der Waals surface area (Å²) in [5.41, 5.74) is 7.26. The Balaban J connectivity index is 0.00000132. The van der Waals surface area contributed by atoms with Gasteiger partial charge in [-0.1, -0.05) is 6.42 Å². The van der Waals surface area contributed by atoms with E-state index in [9.17, 15) is 4.79 Å². The molecule has 0 radical (unpaired) electrons. The fraction of sp³-hybridized carbons (Fsp3) is 0.750. The van der Waals surface area contributed by atoms with Crippen LogP contribution in [0, 0.1) is 12.8 Å². The second kappa shape index (κ2) is 8.65. The average molecular weight is 380 g/mol. The number of halogens is 2. The number of carbonyl (C=O) groups is 1. The van der Waals surface area contributed by atoms with Crippen LogP contribution in [0.25, 0.3) is 0 Å². The Morgan fingerprint density at radius 2 is 2.00 bits per heavy atom. The fourth-order valence-electron chi connectivity index (χ4n) is 3.78. The number of aromatic nitrogens is 1. The quantitative estimate of drug-likeness (QED) is 0.852. The molecule has 3 unspecified atom stereocenters. The van der Waals surface area contributed by atoms with Gasteiger partial charge in [0.1, 0.15) is 0 Å². The molecule has 23 heavy (non-hydrogen) atoms. The number of fused-ring (bicyclic) bond motifs is 1. The first-order chi connectivity index (χ1) is 10.1. The van der Waals surface area contributed by atoms with E-state index in [1.165, 1.54) is 10.6 Å². The minimum Gasteiger partial charge on any atom is -0.338 e. The zero-order valence-corrected chi connectivity index (χ0v) is 16.2. The monoisotopic (exact) mass is 379 g/mol. The molecule has 1 aromatic heterocycles. The summed E-state index contributed by atoms with van der Waals surface area (Å²) in [5, 5.41) is 1.12. The van der Waals surface area contributed by atoms with E-state index in [0.717, 1.165) is 50.0 Å². The van der Waals surface area contributed by atoms with Gasteiger partial charge in [-0.3, -0.25) is 4.79 Å². The van der Waals surface area contributed by atoms with Crippen molar-refractivity contribution in [2.24, 2.45) is 11.7 Å². The van der Waals surface area contributed by atoms with Crippen LogP contribution in [-0.4, -0.2) is 28.9 Å². The van der Waals surface area contributed by atoms with Crippen LogP contribution in [0.15, 0.2) is 0 Å². The molecule has 0 saturated heterocycles. The summed E-state index contributed by atoms with van der Waals surface area (Å²) in [7, 11) is 1.97. The number of hydrogen-bond acceptors (Lipinski definition) is 4. The molecule has 4 nitrogen and oxygen atoms in total. The first-order valence-corrected chi connectivity index (χ1v) is 8.86. The lowest BCUT2D eigenvalue weighted by atomic mass is 9.84. The Morgan fingerprint density at radius 1 is 1.26 bits per heavy atom. The van der Waals surface area contributed by atoms with Crippen molar-refractivity contribution in [1.29, 1.82) is 0 Å². The Labute approximate surface area is 155 Å². The lowest BCUT2D eigenvalue weighted by molar-refractivity contribution is -0.137. The van der Waals surface area contributed by atoms with Crippen molar-refractivity contribution < 1.29 is 4.79 Å². The molecule has 2 aliphatic carbocycles. The van der Waals surface area contributed by atoms with Crippen molar-refractivity contribution in [3.05, 3.63) is 15.6 Å². The van der Waals surface area contributed by atoms with Crippen LogP contribution in [0.1, 0.15) is 60.1 Å². The molecule has 1 amide bonds. The predicted octanol–water partition coefficient (Wildman–Crippen LogP) is 3.65. The van der Waals surface area contributed by atoms with E-state index >= 15 is 0 Å². The molecule has 1 fully saturated rings. The molecule has 1 heterocycles. The Hall–Kier alpha value is -0.360. The number of nitrogens with zero attached hydrogens (tertiary/aromatic N) is 2. The van der Waals surface area contributed by atoms with Crippen LogP contribution in [0.3, 0.4) is 0 Å². The van der Waals surface area contributed by atoms with Gasteiger partial charge in [-0.2, -0.15) is 0 Å². The Bertz CT molecular complexity index is 537. The number of carbonyl (C=O) groups excluding carboxylic acids is 1. The van der Waals surface area contributed by atoms with Crippen LogP contribution in [0.4, 0.5) is 0 Å². The zero-order chi connectivity index (χ0) is 15.0. The second-order valence-electron chi connectivity index (χ2n) is 6.52. The summed E-state index contributed by atoms with van der Waals surface area (Å²) in [4.78, 5) is 20.7. The van der Waals surface area contributed by atoms with Crippen molar-refractivity contribution in [3.8, 4) is 0 Å². The van der Waals surface area contributed by atoms with E-state index in [0.29, 0.717) is 0 Å². The molecule has 0 aromatic carbocycles. The molecule has 0 bridgehead atoms. The Kier molecular flexibility index (Phi) is 7.78. The van der Waals surface area contributed by atoms with Gasteiger partial charge in [-0.25, -0.2) is 4.98 Å². The van der Waals surface area contributed by atoms with E-state index in [1.807, 2.05) is 11.9 Å². The van der Waals surface area contributed by atoms with Crippen molar-refractivity contribution >= 4 is 42.1 Å². The summed E-state index contributed by atoms with van der Waals surface area (Å²) in [6, 6.07) is 0.430. The van der Waals surface area contributed by atoms with E-state index in [4.69, 9.17) is 5.73 Å². The smallest absolute Gasteiger partial charge is 0.226 e. The van der Waals surface area contributed by atoms with E-state index in [2.05, 4.69) is 11.9 Å². The first-order valence-electron chi connectivity index (χ1n) is 8.04. The fourth-order valence-corrected chi connectivity index (χ4v) is 4.93. The van der Waals surface area contributed by atoms with Gasteiger partial charge in [-0.15, -0.1) is 36.2 Å². The van der Waals surface area contributed by atoms with Crippen LogP contribution in [0.2, 0.25) is 0 Å². The number of rotatable bonds is 2. The highest BCUT2D eigenvalue weighted by Crippen LogP contribution is 2.38. The molecule has 0 spiro atoms. The molecular weight excluding hydrogens is 353 g/mol. The highest BCUT2D eigenvalue weighted by molar-refractivity contribution is 7.11. The highest BCUT2D eigenvalue weighted by Gasteiger charge is 2.34. The van der Waals surface area contributed by atoms with Crippen LogP contribution in [0.5, 0.6) is 0 Å². The van der Waals surface area contributed by atoms with Gasteiger partial charge in [0.15, 0.2) is 0 Å². The number of thiazole rings is 1. The lowest BCUT2D eigenvalue weighted by Gasteiger charge is -2.35. The van der Waals surface area contributed by atoms with Crippen LogP contribution < -0.4 is 5.73 Å². The number of nitrogens with two attached hydrogens (primary N) is 1. The summed E-state index contributed by atoms with van der Waals surface area (Å²) in [6.45, 7) is 2.06. The normalized spacial score (nSPS) is 26.5. The van der Waals surface area contributed by atoms with Crippen molar-refractivity contribution in [1.82, 2.24) is 9.88 Å². The molecule has 3 rings (SSSR count). The summed E-state index contributed by atoms with van der Waals surface area (Å²) in [6.07, 6.45) is 7.25. The maximum atomic E-state index is 12.8. The second-order valence-corrected chi connectivity index (χ2v) is 7.76. The average Bonchev–Trinajstić information content (AvgIpc) is 2.85. The van der Waals surface area contributed by atoms with E-state index in [-0.39, 0.29) is 48.7 Å². The third kappa shape index (κ3) is 4.38. The maximum Gasteiger partial charge on any atom is 0.226 e. The molecule has 7 heteroatoms. The van der Waals surface area contributed by atoms with Crippen LogP contribution >= 0.6 is 36.2 Å². The van der Waals surface area contributed by atoms with Crippen molar-refractivity contribution in [2.45, 2.75) is 64.0 Å². The standard InChI is InChI=1S/C16H25N3OS.2ClH/c1-10-18-13-7-4-8-14(15(13)21-10)19(2)16(20)11-5-3-6-12(17)9-11;;/h11-12,14H,3-9,17H2,1-2H3;2*1H. The number of amides is 1. The predicted molar refractivity (Wildman–Crippen MR) is 99.7 cm³/mol. The van der Waals surface area contributed by atoms with Gasteiger partial charge in [0.2, 0.25) is 5.91 Å². The number of hydrogen-bond donors (Lipinski definition) is 1. The summed E-state index contributed by atoms with van der Waals surface area (Å²) < 4.78 is 0. The van der Waals surface area contributed by atoms with Gasteiger partial charge in [0.25, 0.3) is 0 Å².